The lowest BCUT2D eigenvalue weighted by molar-refractivity contribution is 0.0785. The first-order valence-corrected chi connectivity index (χ1v) is 10.2. The zero-order valence-corrected chi connectivity index (χ0v) is 16.4. The SMILES string of the molecule is Cc1noc(CSc2ccccc2C(=O)N2C[C@@H](N)[C@H](c3ccccc3)C2)n1. The van der Waals surface area contributed by atoms with Crippen LogP contribution in [-0.4, -0.2) is 40.1 Å². The molecule has 1 aliphatic heterocycles. The fourth-order valence-corrected chi connectivity index (χ4v) is 4.41. The first-order chi connectivity index (χ1) is 13.6. The normalized spacial score (nSPS) is 19.1. The molecular formula is C21H22N4O2S. The molecule has 3 aromatic rings. The van der Waals surface area contributed by atoms with Gasteiger partial charge in [-0.25, -0.2) is 0 Å². The van der Waals surface area contributed by atoms with Crippen LogP contribution in [0.1, 0.15) is 33.6 Å². The lowest BCUT2D eigenvalue weighted by Crippen LogP contribution is -2.32. The van der Waals surface area contributed by atoms with Crippen molar-refractivity contribution in [3.63, 3.8) is 0 Å². The van der Waals surface area contributed by atoms with Crippen molar-refractivity contribution < 1.29 is 9.32 Å². The molecule has 2 N–H and O–H groups in total. The second kappa shape index (κ2) is 8.16. The van der Waals surface area contributed by atoms with Crippen LogP contribution in [0, 0.1) is 6.92 Å². The third kappa shape index (κ3) is 3.95. The van der Waals surface area contributed by atoms with Gasteiger partial charge in [-0.3, -0.25) is 4.79 Å². The molecule has 1 saturated heterocycles. The van der Waals surface area contributed by atoms with Crippen LogP contribution in [0.2, 0.25) is 0 Å². The number of nitrogens with two attached hydrogens (primary N) is 1. The molecule has 6 nitrogen and oxygen atoms in total. The molecule has 2 heterocycles. The first-order valence-electron chi connectivity index (χ1n) is 9.22. The second-order valence-corrected chi connectivity index (χ2v) is 7.93. The highest BCUT2D eigenvalue weighted by molar-refractivity contribution is 7.98. The van der Waals surface area contributed by atoms with Gasteiger partial charge in [0.1, 0.15) is 0 Å². The van der Waals surface area contributed by atoms with Gasteiger partial charge in [0.25, 0.3) is 5.91 Å². The molecule has 0 unspecified atom stereocenters. The van der Waals surface area contributed by atoms with Gasteiger partial charge in [0.15, 0.2) is 5.82 Å². The van der Waals surface area contributed by atoms with Gasteiger partial charge in [0, 0.05) is 29.9 Å². The summed E-state index contributed by atoms with van der Waals surface area (Å²) in [6.07, 6.45) is 0. The minimum Gasteiger partial charge on any atom is -0.338 e. The highest BCUT2D eigenvalue weighted by Crippen LogP contribution is 2.31. The van der Waals surface area contributed by atoms with Gasteiger partial charge in [-0.1, -0.05) is 47.6 Å². The molecule has 2 atom stereocenters. The van der Waals surface area contributed by atoms with Crippen molar-refractivity contribution in [3.05, 3.63) is 77.4 Å². The zero-order chi connectivity index (χ0) is 19.5. The third-order valence-electron chi connectivity index (χ3n) is 4.92. The molecule has 28 heavy (non-hydrogen) atoms. The summed E-state index contributed by atoms with van der Waals surface area (Å²) in [5.74, 6) is 1.86. The Kier molecular flexibility index (Phi) is 5.45. The van der Waals surface area contributed by atoms with E-state index in [0.29, 0.717) is 36.1 Å². The van der Waals surface area contributed by atoms with Crippen molar-refractivity contribution in [2.45, 2.75) is 29.5 Å². The predicted molar refractivity (Wildman–Crippen MR) is 108 cm³/mol. The maximum atomic E-state index is 13.2. The van der Waals surface area contributed by atoms with Crippen LogP contribution in [-0.2, 0) is 5.75 Å². The van der Waals surface area contributed by atoms with Crippen molar-refractivity contribution >= 4 is 17.7 Å². The molecule has 1 amide bonds. The number of carbonyl (C=O) groups is 1. The Morgan fingerprint density at radius 3 is 2.68 bits per heavy atom. The largest absolute Gasteiger partial charge is 0.338 e. The van der Waals surface area contributed by atoms with Gasteiger partial charge >= 0.3 is 0 Å². The summed E-state index contributed by atoms with van der Waals surface area (Å²) in [6.45, 7) is 2.97. The van der Waals surface area contributed by atoms with Gasteiger partial charge in [0.2, 0.25) is 5.89 Å². The number of benzene rings is 2. The van der Waals surface area contributed by atoms with Gasteiger partial charge in [-0.2, -0.15) is 4.98 Å². The van der Waals surface area contributed by atoms with Crippen molar-refractivity contribution in [2.24, 2.45) is 5.73 Å². The fraction of sp³-hybridized carbons (Fsp3) is 0.286. The Morgan fingerprint density at radius 1 is 1.18 bits per heavy atom. The monoisotopic (exact) mass is 394 g/mol. The topological polar surface area (TPSA) is 85.2 Å². The summed E-state index contributed by atoms with van der Waals surface area (Å²) in [7, 11) is 0. The first kappa shape index (κ1) is 18.7. The van der Waals surface area contributed by atoms with Crippen molar-refractivity contribution in [2.75, 3.05) is 13.1 Å². The number of rotatable bonds is 5. The minimum atomic E-state index is -0.0625. The molecule has 1 aromatic heterocycles. The van der Waals surface area contributed by atoms with E-state index in [9.17, 15) is 4.79 Å². The number of thioether (sulfide) groups is 1. The van der Waals surface area contributed by atoms with E-state index in [1.165, 1.54) is 17.3 Å². The summed E-state index contributed by atoms with van der Waals surface area (Å²) >= 11 is 1.52. The molecule has 0 radical (unpaired) electrons. The van der Waals surface area contributed by atoms with E-state index >= 15 is 0 Å². The van der Waals surface area contributed by atoms with E-state index in [2.05, 4.69) is 22.3 Å². The molecule has 0 saturated carbocycles. The van der Waals surface area contributed by atoms with E-state index in [-0.39, 0.29) is 17.9 Å². The van der Waals surface area contributed by atoms with Gasteiger partial charge < -0.3 is 15.2 Å². The molecule has 1 fully saturated rings. The van der Waals surface area contributed by atoms with Gasteiger partial charge in [-0.15, -0.1) is 11.8 Å². The molecular weight excluding hydrogens is 372 g/mol. The quantitative estimate of drug-likeness (QED) is 0.669. The maximum Gasteiger partial charge on any atom is 0.255 e. The Hall–Kier alpha value is -2.64. The predicted octanol–water partition coefficient (Wildman–Crippen LogP) is 3.24. The summed E-state index contributed by atoms with van der Waals surface area (Å²) in [4.78, 5) is 20.2. The Labute approximate surface area is 168 Å². The van der Waals surface area contributed by atoms with Crippen LogP contribution < -0.4 is 5.73 Å². The smallest absolute Gasteiger partial charge is 0.255 e. The number of nitrogens with zero attached hydrogens (tertiary/aromatic N) is 3. The van der Waals surface area contributed by atoms with Crippen LogP contribution in [0.25, 0.3) is 0 Å². The lowest BCUT2D eigenvalue weighted by atomic mass is 9.95. The van der Waals surface area contributed by atoms with E-state index in [1.54, 1.807) is 6.92 Å². The van der Waals surface area contributed by atoms with E-state index in [1.807, 2.05) is 47.4 Å². The molecule has 0 aliphatic carbocycles. The zero-order valence-electron chi connectivity index (χ0n) is 15.6. The molecule has 2 aromatic carbocycles. The summed E-state index contributed by atoms with van der Waals surface area (Å²) < 4.78 is 5.17. The minimum absolute atomic E-state index is 0.0127. The molecule has 1 aliphatic rings. The van der Waals surface area contributed by atoms with Crippen LogP contribution in [0.15, 0.2) is 64.0 Å². The van der Waals surface area contributed by atoms with Crippen molar-refractivity contribution in [3.8, 4) is 0 Å². The summed E-state index contributed by atoms with van der Waals surface area (Å²) in [5, 5.41) is 3.81. The number of hydrogen-bond donors (Lipinski definition) is 1. The number of aromatic nitrogens is 2. The van der Waals surface area contributed by atoms with Crippen LogP contribution >= 0.6 is 11.8 Å². The Balaban J connectivity index is 1.49. The highest BCUT2D eigenvalue weighted by atomic mass is 32.2. The van der Waals surface area contributed by atoms with Gasteiger partial charge in [-0.05, 0) is 24.6 Å². The number of amides is 1. The van der Waals surface area contributed by atoms with Crippen molar-refractivity contribution in [1.29, 1.82) is 0 Å². The van der Waals surface area contributed by atoms with Gasteiger partial charge in [0.05, 0.1) is 11.3 Å². The summed E-state index contributed by atoms with van der Waals surface area (Å²) in [6, 6.07) is 17.7. The fourth-order valence-electron chi connectivity index (χ4n) is 3.53. The second-order valence-electron chi connectivity index (χ2n) is 6.91. The molecule has 0 bridgehead atoms. The Bertz CT molecular complexity index is 960. The summed E-state index contributed by atoms with van der Waals surface area (Å²) in [5.41, 5.74) is 8.23. The van der Waals surface area contributed by atoms with E-state index in [4.69, 9.17) is 10.3 Å². The van der Waals surface area contributed by atoms with E-state index in [0.717, 1.165) is 4.90 Å². The molecule has 7 heteroatoms. The number of carbonyl (C=O) groups excluding carboxylic acids is 1. The average molecular weight is 395 g/mol. The number of hydrogen-bond acceptors (Lipinski definition) is 6. The molecule has 0 spiro atoms. The Morgan fingerprint density at radius 2 is 1.93 bits per heavy atom. The van der Waals surface area contributed by atoms with Crippen LogP contribution in [0.3, 0.4) is 0 Å². The molecule has 4 rings (SSSR count). The highest BCUT2D eigenvalue weighted by Gasteiger charge is 2.34. The van der Waals surface area contributed by atoms with E-state index < -0.39 is 0 Å². The van der Waals surface area contributed by atoms with Crippen molar-refractivity contribution in [1.82, 2.24) is 15.0 Å². The number of aryl methyl sites for hydroxylation is 1. The molecule has 144 valence electrons. The maximum absolute atomic E-state index is 13.2. The lowest BCUT2D eigenvalue weighted by Gasteiger charge is -2.18. The van der Waals surface area contributed by atoms with Crippen LogP contribution in [0.4, 0.5) is 0 Å². The third-order valence-corrected chi connectivity index (χ3v) is 5.98. The average Bonchev–Trinajstić information content (AvgIpc) is 3.32. The van der Waals surface area contributed by atoms with Crippen LogP contribution in [0.5, 0.6) is 0 Å². The standard InChI is InChI=1S/C21H22N4O2S/c1-14-23-20(27-24-14)13-28-19-10-6-5-9-16(19)21(26)25-11-17(18(22)12-25)15-7-3-2-4-8-15/h2-10,17-18H,11-13,22H2,1H3/t17-,18+/m0/s1. The number of likely N-dealkylation sites (tertiary alicyclic amines) is 1.